The molecule has 0 heterocycles. The minimum absolute atomic E-state index is 0.433. The van der Waals surface area contributed by atoms with Crippen molar-refractivity contribution in [3.8, 4) is 0 Å². The first kappa shape index (κ1) is 15.2. The number of hydrogen-bond acceptors (Lipinski definition) is 2. The molecule has 1 aromatic carbocycles. The second-order valence-electron chi connectivity index (χ2n) is 5.07. The zero-order chi connectivity index (χ0) is 13.8. The Morgan fingerprint density at radius 2 is 1.89 bits per heavy atom. The molecule has 0 aliphatic heterocycles. The van der Waals surface area contributed by atoms with Crippen LogP contribution in [0.15, 0.2) is 43.0 Å². The van der Waals surface area contributed by atoms with Crippen molar-refractivity contribution in [3.63, 3.8) is 0 Å². The van der Waals surface area contributed by atoms with Gasteiger partial charge in [-0.25, -0.2) is 4.39 Å². The van der Waals surface area contributed by atoms with Crippen LogP contribution in [0.25, 0.3) is 0 Å². The van der Waals surface area contributed by atoms with Crippen molar-refractivity contribution in [1.82, 2.24) is 4.72 Å². The molecule has 1 rings (SSSR count). The van der Waals surface area contributed by atoms with Crippen molar-refractivity contribution in [2.24, 2.45) is 0 Å². The molecule has 100 valence electrons. The molecule has 1 aromatic rings. The van der Waals surface area contributed by atoms with E-state index >= 15 is 0 Å². The smallest absolute Gasteiger partial charge is 0.148 e. The molecule has 0 saturated carbocycles. The topological polar surface area (TPSA) is 35.1 Å². The van der Waals surface area contributed by atoms with Crippen LogP contribution < -0.4 is 4.72 Å². The van der Waals surface area contributed by atoms with E-state index in [1.165, 1.54) is 6.08 Å². The molecule has 0 fully saturated rings. The monoisotopic (exact) mass is 269 g/mol. The largest absolute Gasteiger partial charge is 0.598 e. The van der Waals surface area contributed by atoms with Crippen LogP contribution in [0.5, 0.6) is 0 Å². The Morgan fingerprint density at radius 3 is 2.33 bits per heavy atom. The summed E-state index contributed by atoms with van der Waals surface area (Å²) in [5.74, 6) is 0. The molecule has 1 N–H and O–H groups in total. The van der Waals surface area contributed by atoms with Gasteiger partial charge in [0.15, 0.2) is 0 Å². The lowest BCUT2D eigenvalue weighted by Gasteiger charge is -2.28. The predicted molar refractivity (Wildman–Crippen MR) is 75.3 cm³/mol. The number of nitrogens with one attached hydrogen (secondary N) is 1. The zero-order valence-electron chi connectivity index (χ0n) is 11.0. The van der Waals surface area contributed by atoms with E-state index in [4.69, 9.17) is 0 Å². The molecule has 0 bridgehead atoms. The number of hydrogen-bond donors (Lipinski definition) is 1. The molecule has 3 atom stereocenters. The average molecular weight is 269 g/mol. The summed E-state index contributed by atoms with van der Waals surface area (Å²) < 4.78 is 28.6. The fraction of sp³-hybridized carbons (Fsp3) is 0.429. The van der Waals surface area contributed by atoms with Gasteiger partial charge in [0.2, 0.25) is 0 Å². The van der Waals surface area contributed by atoms with Crippen LogP contribution in [-0.2, 0) is 11.4 Å². The number of halogens is 1. The summed E-state index contributed by atoms with van der Waals surface area (Å²) in [6, 6.07) is 8.16. The van der Waals surface area contributed by atoms with E-state index in [1.54, 1.807) is 24.3 Å². The van der Waals surface area contributed by atoms with Gasteiger partial charge in [0, 0.05) is 11.4 Å². The van der Waals surface area contributed by atoms with Crippen molar-refractivity contribution in [2.45, 2.75) is 37.7 Å². The number of benzene rings is 1. The van der Waals surface area contributed by atoms with Gasteiger partial charge in [0.25, 0.3) is 0 Å². The van der Waals surface area contributed by atoms with Gasteiger partial charge < -0.3 is 4.55 Å². The lowest BCUT2D eigenvalue weighted by molar-refractivity contribution is 0.303. The van der Waals surface area contributed by atoms with E-state index in [2.05, 4.69) is 11.3 Å². The molecule has 0 aliphatic rings. The maximum Gasteiger partial charge on any atom is 0.148 e. The van der Waals surface area contributed by atoms with Gasteiger partial charge in [-0.15, -0.1) is 11.3 Å². The van der Waals surface area contributed by atoms with E-state index < -0.39 is 28.3 Å². The summed E-state index contributed by atoms with van der Waals surface area (Å²) in [5.41, 5.74) is 0.556. The predicted octanol–water partition coefficient (Wildman–Crippen LogP) is 3.30. The first-order valence-electron chi connectivity index (χ1n) is 5.86. The summed E-state index contributed by atoms with van der Waals surface area (Å²) >= 11 is -1.32. The Bertz CT molecular complexity index is 377. The lowest BCUT2D eigenvalue weighted by atomic mass is 10.0. The van der Waals surface area contributed by atoms with E-state index in [0.29, 0.717) is 5.56 Å². The summed E-state index contributed by atoms with van der Waals surface area (Å²) in [5, 5.41) is 0. The van der Waals surface area contributed by atoms with Crippen molar-refractivity contribution < 1.29 is 8.94 Å². The lowest BCUT2D eigenvalue weighted by Crippen LogP contribution is -2.45. The van der Waals surface area contributed by atoms with Crippen molar-refractivity contribution in [2.75, 3.05) is 0 Å². The number of rotatable bonds is 5. The van der Waals surface area contributed by atoms with Crippen LogP contribution in [0, 0.1) is 0 Å². The molecule has 0 amide bonds. The normalized spacial score (nSPS) is 16.9. The summed E-state index contributed by atoms with van der Waals surface area (Å²) in [4.78, 5) is 0. The van der Waals surface area contributed by atoms with E-state index in [1.807, 2.05) is 26.8 Å². The highest BCUT2D eigenvalue weighted by Gasteiger charge is 2.31. The van der Waals surface area contributed by atoms with Crippen LogP contribution in [0.3, 0.4) is 0 Å². The maximum atomic E-state index is 14.3. The fourth-order valence-corrected chi connectivity index (χ4v) is 2.19. The molecule has 0 aliphatic carbocycles. The van der Waals surface area contributed by atoms with Crippen LogP contribution in [0.1, 0.15) is 32.5 Å². The molecule has 4 heteroatoms. The molecular weight excluding hydrogens is 249 g/mol. The van der Waals surface area contributed by atoms with Gasteiger partial charge in [0.1, 0.15) is 17.0 Å². The van der Waals surface area contributed by atoms with Crippen LogP contribution >= 0.6 is 0 Å². The minimum atomic E-state index is -1.32. The Morgan fingerprint density at radius 1 is 1.33 bits per heavy atom. The maximum absolute atomic E-state index is 14.3. The fourth-order valence-electron chi connectivity index (χ4n) is 1.37. The van der Waals surface area contributed by atoms with Crippen LogP contribution in [0.2, 0.25) is 0 Å². The molecular formula is C14H20FNOS. The Hall–Kier alpha value is -0.840. The van der Waals surface area contributed by atoms with Crippen LogP contribution in [-0.4, -0.2) is 15.3 Å². The highest BCUT2D eigenvalue weighted by atomic mass is 32.2. The SMILES string of the molecule is C=C[C@@H](N[S+]([O-])C(C)(C)C)[C@@H](F)c1ccccc1. The quantitative estimate of drug-likeness (QED) is 0.657. The molecule has 18 heavy (non-hydrogen) atoms. The standard InChI is InChI=1S/C14H20FNOS/c1-5-12(16-18(17)14(2,3)4)13(15)11-9-7-6-8-10-11/h5-10,12-13,16H,1H2,2-4H3/t12-,13+,18?/m1/s1. The van der Waals surface area contributed by atoms with Crippen molar-refractivity contribution in [1.29, 1.82) is 0 Å². The molecule has 0 saturated heterocycles. The Balaban J connectivity index is 2.76. The third kappa shape index (κ3) is 4.12. The average Bonchev–Trinajstić information content (AvgIpc) is 2.34. The molecule has 2 nitrogen and oxygen atoms in total. The molecule has 1 unspecified atom stereocenters. The highest BCUT2D eigenvalue weighted by molar-refractivity contribution is 7.90. The number of alkyl halides is 1. The Kier molecular flexibility index (Phi) is 5.38. The van der Waals surface area contributed by atoms with Gasteiger partial charge in [-0.1, -0.05) is 36.4 Å². The van der Waals surface area contributed by atoms with Gasteiger partial charge in [-0.3, -0.25) is 0 Å². The van der Waals surface area contributed by atoms with Crippen molar-refractivity contribution in [3.05, 3.63) is 48.6 Å². The summed E-state index contributed by atoms with van der Waals surface area (Å²) in [7, 11) is 0. The first-order valence-corrected chi connectivity index (χ1v) is 7.01. The molecule has 0 spiro atoms. The van der Waals surface area contributed by atoms with E-state index in [9.17, 15) is 8.94 Å². The summed E-state index contributed by atoms with van der Waals surface area (Å²) in [6.45, 7) is 9.12. The third-order valence-corrected chi connectivity index (χ3v) is 4.09. The van der Waals surface area contributed by atoms with Gasteiger partial charge >= 0.3 is 0 Å². The van der Waals surface area contributed by atoms with Gasteiger partial charge in [-0.2, -0.15) is 0 Å². The molecule has 0 aromatic heterocycles. The van der Waals surface area contributed by atoms with Crippen LogP contribution in [0.4, 0.5) is 4.39 Å². The van der Waals surface area contributed by atoms with Crippen molar-refractivity contribution >= 4 is 11.4 Å². The zero-order valence-corrected chi connectivity index (χ0v) is 11.8. The van der Waals surface area contributed by atoms with Gasteiger partial charge in [0.05, 0.1) is 0 Å². The first-order chi connectivity index (χ1) is 8.36. The second-order valence-corrected chi connectivity index (χ2v) is 7.07. The summed E-state index contributed by atoms with van der Waals surface area (Å²) in [6.07, 6.45) is 0.205. The second kappa shape index (κ2) is 6.36. The minimum Gasteiger partial charge on any atom is -0.598 e. The third-order valence-electron chi connectivity index (χ3n) is 2.49. The highest BCUT2D eigenvalue weighted by Crippen LogP contribution is 2.24. The van der Waals surface area contributed by atoms with E-state index in [-0.39, 0.29) is 0 Å². The Labute approximate surface area is 112 Å². The van der Waals surface area contributed by atoms with E-state index in [0.717, 1.165) is 0 Å². The molecule has 0 radical (unpaired) electrons. The van der Waals surface area contributed by atoms with Gasteiger partial charge in [-0.05, 0) is 26.3 Å².